The van der Waals surface area contributed by atoms with Gasteiger partial charge in [-0.3, -0.25) is 9.69 Å². The molecule has 3 rings (SSSR count). The molecule has 0 atom stereocenters. The zero-order valence-corrected chi connectivity index (χ0v) is 14.1. The average molecular weight is 327 g/mol. The Bertz CT molecular complexity index is 600. The Morgan fingerprint density at radius 1 is 1.29 bits per heavy atom. The van der Waals surface area contributed by atoms with E-state index in [1.54, 1.807) is 24.3 Å². The summed E-state index contributed by atoms with van der Waals surface area (Å²) >= 11 is 0. The molecule has 1 saturated heterocycles. The van der Waals surface area contributed by atoms with Crippen molar-refractivity contribution in [3.05, 3.63) is 29.8 Å². The van der Waals surface area contributed by atoms with Crippen LogP contribution in [0.15, 0.2) is 24.3 Å². The van der Waals surface area contributed by atoms with Gasteiger partial charge in [0.05, 0.1) is 23.8 Å². The van der Waals surface area contributed by atoms with E-state index in [4.69, 9.17) is 10.00 Å². The van der Waals surface area contributed by atoms with Gasteiger partial charge < -0.3 is 10.1 Å². The molecule has 1 saturated carbocycles. The van der Waals surface area contributed by atoms with Crippen molar-refractivity contribution in [2.45, 2.75) is 44.1 Å². The van der Waals surface area contributed by atoms with Crippen LogP contribution in [0, 0.1) is 11.3 Å². The number of anilines is 1. The van der Waals surface area contributed by atoms with Crippen molar-refractivity contribution < 1.29 is 9.53 Å². The Labute approximate surface area is 143 Å². The SMILES string of the molecule is N#Cc1ccc(NC(=O)CCCN2CCOC3(CCCC3)C2)cc1. The number of hydrogen-bond acceptors (Lipinski definition) is 4. The molecule has 0 bridgehead atoms. The van der Waals surface area contributed by atoms with Gasteiger partial charge in [-0.2, -0.15) is 5.26 Å². The second kappa shape index (κ2) is 7.78. The number of hydrogen-bond donors (Lipinski definition) is 1. The van der Waals surface area contributed by atoms with Gasteiger partial charge in [-0.15, -0.1) is 0 Å². The molecule has 1 N–H and O–H groups in total. The third kappa shape index (κ3) is 4.34. The molecule has 1 heterocycles. The maximum Gasteiger partial charge on any atom is 0.224 e. The van der Waals surface area contributed by atoms with Crippen LogP contribution in [0.5, 0.6) is 0 Å². The molecule has 2 aliphatic rings. The number of amides is 1. The molecule has 1 amide bonds. The van der Waals surface area contributed by atoms with E-state index >= 15 is 0 Å². The van der Waals surface area contributed by atoms with E-state index in [1.807, 2.05) is 0 Å². The summed E-state index contributed by atoms with van der Waals surface area (Å²) in [6.07, 6.45) is 6.30. The number of nitriles is 1. The molecular formula is C19H25N3O2. The van der Waals surface area contributed by atoms with Gasteiger partial charge in [0.15, 0.2) is 0 Å². The third-order valence-electron chi connectivity index (χ3n) is 5.02. The lowest BCUT2D eigenvalue weighted by Crippen LogP contribution is -2.50. The van der Waals surface area contributed by atoms with E-state index in [-0.39, 0.29) is 11.5 Å². The minimum absolute atomic E-state index is 0.0311. The second-order valence-corrected chi connectivity index (χ2v) is 6.86. The number of nitrogens with zero attached hydrogens (tertiary/aromatic N) is 2. The van der Waals surface area contributed by atoms with Crippen molar-refractivity contribution in [2.75, 3.05) is 31.6 Å². The molecule has 24 heavy (non-hydrogen) atoms. The summed E-state index contributed by atoms with van der Waals surface area (Å²) in [5.74, 6) is 0.0311. The first kappa shape index (κ1) is 16.9. The molecule has 1 aromatic rings. The molecule has 5 heteroatoms. The summed E-state index contributed by atoms with van der Waals surface area (Å²) < 4.78 is 6.04. The Kier molecular flexibility index (Phi) is 5.49. The van der Waals surface area contributed by atoms with Crippen molar-refractivity contribution in [3.63, 3.8) is 0 Å². The first-order chi connectivity index (χ1) is 11.7. The molecule has 2 fully saturated rings. The van der Waals surface area contributed by atoms with Crippen molar-refractivity contribution in [1.29, 1.82) is 5.26 Å². The van der Waals surface area contributed by atoms with Crippen LogP contribution in [0.1, 0.15) is 44.1 Å². The van der Waals surface area contributed by atoms with Crippen LogP contribution in [0.2, 0.25) is 0 Å². The maximum atomic E-state index is 12.0. The smallest absolute Gasteiger partial charge is 0.224 e. The van der Waals surface area contributed by atoms with E-state index < -0.39 is 0 Å². The first-order valence-corrected chi connectivity index (χ1v) is 8.85. The molecule has 1 aromatic carbocycles. The van der Waals surface area contributed by atoms with Gasteiger partial charge in [0.1, 0.15) is 0 Å². The van der Waals surface area contributed by atoms with Gasteiger partial charge >= 0.3 is 0 Å². The fourth-order valence-corrected chi connectivity index (χ4v) is 3.75. The van der Waals surface area contributed by atoms with Gasteiger partial charge in [-0.25, -0.2) is 0 Å². The lowest BCUT2D eigenvalue weighted by molar-refractivity contribution is -0.117. The molecule has 1 spiro atoms. The Balaban J connectivity index is 1.39. The number of carbonyl (C=O) groups is 1. The Morgan fingerprint density at radius 2 is 2.04 bits per heavy atom. The summed E-state index contributed by atoms with van der Waals surface area (Å²) in [7, 11) is 0. The minimum Gasteiger partial charge on any atom is -0.372 e. The molecule has 128 valence electrons. The quantitative estimate of drug-likeness (QED) is 0.903. The zero-order chi connectivity index (χ0) is 16.8. The highest BCUT2D eigenvalue weighted by molar-refractivity contribution is 5.90. The predicted molar refractivity (Wildman–Crippen MR) is 92.6 cm³/mol. The minimum atomic E-state index is 0.0311. The number of carbonyl (C=O) groups excluding carboxylic acids is 1. The zero-order valence-electron chi connectivity index (χ0n) is 14.1. The molecule has 5 nitrogen and oxygen atoms in total. The van der Waals surface area contributed by atoms with Crippen LogP contribution in [0.4, 0.5) is 5.69 Å². The number of ether oxygens (including phenoxy) is 1. The average Bonchev–Trinajstić information content (AvgIpc) is 3.03. The Hall–Kier alpha value is -1.90. The Morgan fingerprint density at radius 3 is 2.75 bits per heavy atom. The van der Waals surface area contributed by atoms with E-state index in [2.05, 4.69) is 16.3 Å². The van der Waals surface area contributed by atoms with Crippen molar-refractivity contribution >= 4 is 11.6 Å². The molecular weight excluding hydrogens is 302 g/mol. The van der Waals surface area contributed by atoms with Gasteiger partial charge in [-0.05, 0) is 50.1 Å². The standard InChI is InChI=1S/C19H25N3O2/c20-14-16-5-7-17(8-6-16)21-18(23)4-3-11-22-12-13-24-19(15-22)9-1-2-10-19/h5-8H,1-4,9-13,15H2,(H,21,23). The van der Waals surface area contributed by atoms with Crippen LogP contribution in [-0.4, -0.2) is 42.6 Å². The van der Waals surface area contributed by atoms with Gasteiger partial charge in [-0.1, -0.05) is 12.8 Å². The number of benzene rings is 1. The molecule has 1 aliphatic carbocycles. The van der Waals surface area contributed by atoms with Crippen molar-refractivity contribution in [2.24, 2.45) is 0 Å². The van der Waals surface area contributed by atoms with Crippen LogP contribution in [0.25, 0.3) is 0 Å². The fourth-order valence-electron chi connectivity index (χ4n) is 3.75. The number of rotatable bonds is 5. The monoisotopic (exact) mass is 327 g/mol. The highest BCUT2D eigenvalue weighted by Crippen LogP contribution is 2.35. The lowest BCUT2D eigenvalue weighted by Gasteiger charge is -2.40. The third-order valence-corrected chi connectivity index (χ3v) is 5.02. The summed E-state index contributed by atoms with van der Waals surface area (Å²) in [5, 5.41) is 11.7. The van der Waals surface area contributed by atoms with Gasteiger partial charge in [0, 0.05) is 25.2 Å². The topological polar surface area (TPSA) is 65.4 Å². The van der Waals surface area contributed by atoms with E-state index in [1.165, 1.54) is 25.7 Å². The predicted octanol–water partition coefficient (Wildman–Crippen LogP) is 2.92. The molecule has 0 aromatic heterocycles. The highest BCUT2D eigenvalue weighted by Gasteiger charge is 2.38. The van der Waals surface area contributed by atoms with Crippen LogP contribution in [-0.2, 0) is 9.53 Å². The molecule has 0 unspecified atom stereocenters. The summed E-state index contributed by atoms with van der Waals surface area (Å²) in [4.78, 5) is 14.5. The van der Waals surface area contributed by atoms with E-state index in [0.717, 1.165) is 38.3 Å². The lowest BCUT2D eigenvalue weighted by atomic mass is 9.99. The number of nitrogens with one attached hydrogen (secondary N) is 1. The van der Waals surface area contributed by atoms with E-state index in [9.17, 15) is 4.79 Å². The molecule has 1 aliphatic heterocycles. The van der Waals surface area contributed by atoms with Crippen molar-refractivity contribution in [3.8, 4) is 6.07 Å². The summed E-state index contributed by atoms with van der Waals surface area (Å²) in [6.45, 7) is 3.76. The van der Waals surface area contributed by atoms with Crippen LogP contribution in [0.3, 0.4) is 0 Å². The van der Waals surface area contributed by atoms with Crippen LogP contribution >= 0.6 is 0 Å². The highest BCUT2D eigenvalue weighted by atomic mass is 16.5. The molecule has 0 radical (unpaired) electrons. The first-order valence-electron chi connectivity index (χ1n) is 8.85. The van der Waals surface area contributed by atoms with Gasteiger partial charge in [0.2, 0.25) is 5.91 Å². The summed E-state index contributed by atoms with van der Waals surface area (Å²) in [5.41, 5.74) is 1.44. The van der Waals surface area contributed by atoms with Crippen molar-refractivity contribution in [1.82, 2.24) is 4.90 Å². The van der Waals surface area contributed by atoms with Crippen LogP contribution < -0.4 is 5.32 Å². The maximum absolute atomic E-state index is 12.0. The summed E-state index contributed by atoms with van der Waals surface area (Å²) in [6, 6.07) is 9.03. The number of morpholine rings is 1. The normalized spacial score (nSPS) is 20.0. The fraction of sp³-hybridized carbons (Fsp3) is 0.579. The largest absolute Gasteiger partial charge is 0.372 e. The van der Waals surface area contributed by atoms with Gasteiger partial charge in [0.25, 0.3) is 0 Å². The van der Waals surface area contributed by atoms with E-state index in [0.29, 0.717) is 12.0 Å². The second-order valence-electron chi connectivity index (χ2n) is 6.86.